The van der Waals surface area contributed by atoms with E-state index in [4.69, 9.17) is 11.6 Å². The molecule has 3 aromatic rings. The zero-order chi connectivity index (χ0) is 18.5. The van der Waals surface area contributed by atoms with Gasteiger partial charge < -0.3 is 10.6 Å². The van der Waals surface area contributed by atoms with Gasteiger partial charge in [0.05, 0.1) is 0 Å². The fourth-order valence-corrected chi connectivity index (χ4v) is 2.66. The van der Waals surface area contributed by atoms with E-state index in [1.165, 1.54) is 0 Å². The number of halogens is 1. The van der Waals surface area contributed by atoms with Gasteiger partial charge in [-0.3, -0.25) is 4.79 Å². The van der Waals surface area contributed by atoms with Gasteiger partial charge in [-0.25, -0.2) is 9.97 Å². The fourth-order valence-electron chi connectivity index (χ4n) is 2.49. The largest absolute Gasteiger partial charge is 0.347 e. The summed E-state index contributed by atoms with van der Waals surface area (Å²) in [5, 5.41) is 6.59. The van der Waals surface area contributed by atoms with E-state index in [0.717, 1.165) is 22.4 Å². The Morgan fingerprint density at radius 2 is 1.96 bits per heavy atom. The Hall–Kier alpha value is -2.92. The number of nitrogens with zero attached hydrogens (tertiary/aromatic N) is 2. The lowest BCUT2D eigenvalue weighted by atomic mass is 10.1. The lowest BCUT2D eigenvalue weighted by Gasteiger charge is -2.10. The zero-order valence-electron chi connectivity index (χ0n) is 14.6. The van der Waals surface area contributed by atoms with Crippen LogP contribution in [-0.2, 0) is 6.54 Å². The van der Waals surface area contributed by atoms with Crippen LogP contribution in [0.4, 0.5) is 11.6 Å². The molecule has 0 spiro atoms. The van der Waals surface area contributed by atoms with Crippen LogP contribution in [0.25, 0.3) is 0 Å². The second-order valence-corrected chi connectivity index (χ2v) is 6.46. The van der Waals surface area contributed by atoms with Crippen molar-refractivity contribution in [3.8, 4) is 0 Å². The predicted molar refractivity (Wildman–Crippen MR) is 104 cm³/mol. The van der Waals surface area contributed by atoms with Crippen molar-refractivity contribution >= 4 is 29.1 Å². The van der Waals surface area contributed by atoms with Crippen molar-refractivity contribution in [2.24, 2.45) is 0 Å². The second kappa shape index (κ2) is 7.97. The summed E-state index contributed by atoms with van der Waals surface area (Å²) >= 11 is 6.03. The molecule has 0 aliphatic heterocycles. The molecule has 5 nitrogen and oxygen atoms in total. The molecule has 132 valence electrons. The molecule has 0 aliphatic rings. The highest BCUT2D eigenvalue weighted by atomic mass is 35.5. The van der Waals surface area contributed by atoms with Crippen LogP contribution in [0.5, 0.6) is 0 Å². The number of aryl methyl sites for hydroxylation is 2. The van der Waals surface area contributed by atoms with E-state index in [9.17, 15) is 4.79 Å². The molecule has 0 saturated heterocycles. The fraction of sp³-hybridized carbons (Fsp3) is 0.150. The zero-order valence-corrected chi connectivity index (χ0v) is 15.3. The molecule has 2 aromatic carbocycles. The molecule has 0 saturated carbocycles. The van der Waals surface area contributed by atoms with Crippen LogP contribution in [0.1, 0.15) is 27.2 Å². The van der Waals surface area contributed by atoms with E-state index in [1.807, 2.05) is 50.2 Å². The molecule has 0 fully saturated rings. The van der Waals surface area contributed by atoms with Crippen molar-refractivity contribution in [1.82, 2.24) is 15.3 Å². The predicted octanol–water partition coefficient (Wildman–Crippen LogP) is 4.42. The molecule has 1 aromatic heterocycles. The van der Waals surface area contributed by atoms with Crippen molar-refractivity contribution in [1.29, 1.82) is 0 Å². The molecule has 0 atom stereocenters. The Labute approximate surface area is 157 Å². The standard InChI is InChI=1S/C20H19ClN4O/c1-13-4-3-5-15(10-13)12-23-19(26)17-8-9-22-20(24-17)25-18-11-16(21)7-6-14(18)2/h3-11H,12H2,1-2H3,(H,23,26)(H,22,24,25). The number of benzene rings is 2. The second-order valence-electron chi connectivity index (χ2n) is 6.02. The Bertz CT molecular complexity index is 943. The summed E-state index contributed by atoms with van der Waals surface area (Å²) in [6.45, 7) is 4.42. The third kappa shape index (κ3) is 4.58. The van der Waals surface area contributed by atoms with Gasteiger partial charge in [-0.15, -0.1) is 0 Å². The first-order chi connectivity index (χ1) is 12.5. The van der Waals surface area contributed by atoms with E-state index < -0.39 is 0 Å². The van der Waals surface area contributed by atoms with Gasteiger partial charge in [-0.1, -0.05) is 47.5 Å². The van der Waals surface area contributed by atoms with E-state index in [2.05, 4.69) is 20.6 Å². The average Bonchev–Trinajstić information content (AvgIpc) is 2.63. The van der Waals surface area contributed by atoms with Gasteiger partial charge in [-0.05, 0) is 43.2 Å². The number of anilines is 2. The van der Waals surface area contributed by atoms with Gasteiger partial charge in [0, 0.05) is 23.5 Å². The number of hydrogen-bond acceptors (Lipinski definition) is 4. The molecular weight excluding hydrogens is 348 g/mol. The first-order valence-electron chi connectivity index (χ1n) is 8.21. The molecule has 0 bridgehead atoms. The number of nitrogens with one attached hydrogen (secondary N) is 2. The summed E-state index contributed by atoms with van der Waals surface area (Å²) in [6, 6.07) is 15.1. The van der Waals surface area contributed by atoms with Crippen LogP contribution in [0, 0.1) is 13.8 Å². The quantitative estimate of drug-likeness (QED) is 0.701. The molecule has 1 heterocycles. The first-order valence-corrected chi connectivity index (χ1v) is 8.59. The molecule has 26 heavy (non-hydrogen) atoms. The molecule has 0 radical (unpaired) electrons. The molecule has 2 N–H and O–H groups in total. The van der Waals surface area contributed by atoms with E-state index >= 15 is 0 Å². The van der Waals surface area contributed by atoms with Gasteiger partial charge in [0.15, 0.2) is 0 Å². The van der Waals surface area contributed by atoms with Crippen molar-refractivity contribution in [3.05, 3.63) is 82.1 Å². The molecule has 1 amide bonds. The number of hydrogen-bond donors (Lipinski definition) is 2. The third-order valence-electron chi connectivity index (χ3n) is 3.87. The molecule has 6 heteroatoms. The van der Waals surface area contributed by atoms with Crippen molar-refractivity contribution < 1.29 is 4.79 Å². The molecule has 0 unspecified atom stereocenters. The number of carbonyl (C=O) groups is 1. The van der Waals surface area contributed by atoms with Crippen LogP contribution in [-0.4, -0.2) is 15.9 Å². The van der Waals surface area contributed by atoms with Crippen LogP contribution >= 0.6 is 11.6 Å². The Kier molecular flexibility index (Phi) is 5.49. The highest BCUT2D eigenvalue weighted by Gasteiger charge is 2.10. The van der Waals surface area contributed by atoms with Gasteiger partial charge in [-0.2, -0.15) is 0 Å². The van der Waals surface area contributed by atoms with Crippen LogP contribution in [0.15, 0.2) is 54.7 Å². The average molecular weight is 367 g/mol. The maximum Gasteiger partial charge on any atom is 0.270 e. The highest BCUT2D eigenvalue weighted by molar-refractivity contribution is 6.30. The van der Waals surface area contributed by atoms with Gasteiger partial charge >= 0.3 is 0 Å². The Balaban J connectivity index is 1.70. The summed E-state index contributed by atoms with van der Waals surface area (Å²) in [5.41, 5.74) is 4.31. The van der Waals surface area contributed by atoms with Gasteiger partial charge in [0.2, 0.25) is 5.95 Å². The lowest BCUT2D eigenvalue weighted by molar-refractivity contribution is 0.0946. The summed E-state index contributed by atoms with van der Waals surface area (Å²) in [5.74, 6) is 0.0957. The number of amides is 1. The number of rotatable bonds is 5. The smallest absolute Gasteiger partial charge is 0.270 e. The third-order valence-corrected chi connectivity index (χ3v) is 4.10. The monoisotopic (exact) mass is 366 g/mol. The van der Waals surface area contributed by atoms with E-state index in [-0.39, 0.29) is 5.91 Å². The first kappa shape index (κ1) is 17.9. The van der Waals surface area contributed by atoms with Crippen LogP contribution in [0.3, 0.4) is 0 Å². The van der Waals surface area contributed by atoms with E-state index in [1.54, 1.807) is 18.3 Å². The van der Waals surface area contributed by atoms with Crippen LogP contribution < -0.4 is 10.6 Å². The minimum Gasteiger partial charge on any atom is -0.347 e. The summed E-state index contributed by atoms with van der Waals surface area (Å²) in [6.07, 6.45) is 1.55. The molecular formula is C20H19ClN4O. The topological polar surface area (TPSA) is 66.9 Å². The van der Waals surface area contributed by atoms with Crippen LogP contribution in [0.2, 0.25) is 5.02 Å². The SMILES string of the molecule is Cc1cccc(CNC(=O)c2ccnc(Nc3cc(Cl)ccc3C)n2)c1. The molecule has 0 aliphatic carbocycles. The Morgan fingerprint density at radius 1 is 1.12 bits per heavy atom. The van der Waals surface area contributed by atoms with E-state index in [0.29, 0.717) is 23.2 Å². The maximum absolute atomic E-state index is 12.4. The van der Waals surface area contributed by atoms with Crippen molar-refractivity contribution in [2.45, 2.75) is 20.4 Å². The summed E-state index contributed by atoms with van der Waals surface area (Å²) in [7, 11) is 0. The minimum atomic E-state index is -0.250. The normalized spacial score (nSPS) is 10.4. The number of carbonyl (C=O) groups excluding carboxylic acids is 1. The summed E-state index contributed by atoms with van der Waals surface area (Å²) in [4.78, 5) is 20.8. The number of aromatic nitrogens is 2. The lowest BCUT2D eigenvalue weighted by Crippen LogP contribution is -2.24. The summed E-state index contributed by atoms with van der Waals surface area (Å²) < 4.78 is 0. The minimum absolute atomic E-state index is 0.250. The Morgan fingerprint density at radius 3 is 2.77 bits per heavy atom. The van der Waals surface area contributed by atoms with Crippen molar-refractivity contribution in [3.63, 3.8) is 0 Å². The van der Waals surface area contributed by atoms with Crippen molar-refractivity contribution in [2.75, 3.05) is 5.32 Å². The highest BCUT2D eigenvalue weighted by Crippen LogP contribution is 2.22. The maximum atomic E-state index is 12.4. The van der Waals surface area contributed by atoms with Gasteiger partial charge in [0.25, 0.3) is 5.91 Å². The molecule has 3 rings (SSSR count). The van der Waals surface area contributed by atoms with Gasteiger partial charge in [0.1, 0.15) is 5.69 Å².